The van der Waals surface area contributed by atoms with E-state index in [1.165, 1.54) is 16.7 Å². The lowest BCUT2D eigenvalue weighted by Crippen LogP contribution is -2.33. The third kappa shape index (κ3) is 3.54. The maximum atomic E-state index is 12.9. The molecule has 1 aromatic carbocycles. The fourth-order valence-corrected chi connectivity index (χ4v) is 5.60. The molecule has 1 atom stereocenters. The van der Waals surface area contributed by atoms with Crippen molar-refractivity contribution in [1.29, 1.82) is 0 Å². The Bertz CT molecular complexity index is 911. The zero-order chi connectivity index (χ0) is 17.2. The molecule has 4 rings (SSSR count). The Morgan fingerprint density at radius 1 is 1.32 bits per heavy atom. The van der Waals surface area contributed by atoms with E-state index in [4.69, 9.17) is 0 Å². The second kappa shape index (κ2) is 7.35. The largest absolute Gasteiger partial charge is 0.311 e. The van der Waals surface area contributed by atoms with Gasteiger partial charge in [-0.05, 0) is 30.0 Å². The number of hydrogen-bond donors (Lipinski definition) is 0. The van der Waals surface area contributed by atoms with Gasteiger partial charge in [0.15, 0.2) is 0 Å². The Balaban J connectivity index is 1.54. The minimum Gasteiger partial charge on any atom is -0.311 e. The number of benzene rings is 1. The van der Waals surface area contributed by atoms with Crippen LogP contribution in [0.1, 0.15) is 13.3 Å². The SMILES string of the molecule is C[C@@H]1CCN(C(=O)CSc2ncnc3sccc23)c2ccccc2S1. The molecule has 0 aliphatic carbocycles. The van der Waals surface area contributed by atoms with Gasteiger partial charge < -0.3 is 4.90 Å². The van der Waals surface area contributed by atoms with Crippen LogP contribution in [0.2, 0.25) is 0 Å². The summed E-state index contributed by atoms with van der Waals surface area (Å²) in [6.07, 6.45) is 2.57. The van der Waals surface area contributed by atoms with Crippen LogP contribution in [0.15, 0.2) is 52.0 Å². The van der Waals surface area contributed by atoms with E-state index in [2.05, 4.69) is 23.0 Å². The lowest BCUT2D eigenvalue weighted by molar-refractivity contribution is -0.116. The van der Waals surface area contributed by atoms with Crippen molar-refractivity contribution in [2.75, 3.05) is 17.2 Å². The highest BCUT2D eigenvalue weighted by Crippen LogP contribution is 2.37. The van der Waals surface area contributed by atoms with Gasteiger partial charge in [-0.1, -0.05) is 30.8 Å². The van der Waals surface area contributed by atoms with Gasteiger partial charge in [0, 0.05) is 22.1 Å². The van der Waals surface area contributed by atoms with Crippen LogP contribution in [-0.2, 0) is 4.79 Å². The number of para-hydroxylation sites is 1. The molecule has 2 aromatic heterocycles. The van der Waals surface area contributed by atoms with E-state index in [1.54, 1.807) is 17.7 Å². The molecule has 3 aromatic rings. The van der Waals surface area contributed by atoms with Gasteiger partial charge in [-0.15, -0.1) is 23.1 Å². The molecule has 128 valence electrons. The molecule has 3 heterocycles. The van der Waals surface area contributed by atoms with Crippen molar-refractivity contribution in [3.05, 3.63) is 42.0 Å². The van der Waals surface area contributed by atoms with Crippen LogP contribution in [-0.4, -0.2) is 33.4 Å². The number of aromatic nitrogens is 2. The molecule has 1 aliphatic rings. The fraction of sp³-hybridized carbons (Fsp3) is 0.278. The topological polar surface area (TPSA) is 46.1 Å². The lowest BCUT2D eigenvalue weighted by atomic mass is 10.2. The quantitative estimate of drug-likeness (QED) is 0.481. The fourth-order valence-electron chi connectivity index (χ4n) is 2.84. The van der Waals surface area contributed by atoms with Crippen molar-refractivity contribution in [3.63, 3.8) is 0 Å². The molecule has 0 saturated heterocycles. The van der Waals surface area contributed by atoms with Gasteiger partial charge in [0.2, 0.25) is 5.91 Å². The number of nitrogens with zero attached hydrogens (tertiary/aromatic N) is 3. The summed E-state index contributed by atoms with van der Waals surface area (Å²) in [5, 5.41) is 4.43. The summed E-state index contributed by atoms with van der Waals surface area (Å²) in [5.74, 6) is 0.518. The van der Waals surface area contributed by atoms with Crippen molar-refractivity contribution >= 4 is 56.7 Å². The molecule has 4 nitrogen and oxygen atoms in total. The van der Waals surface area contributed by atoms with E-state index in [0.29, 0.717) is 11.0 Å². The van der Waals surface area contributed by atoms with Crippen LogP contribution in [0.4, 0.5) is 5.69 Å². The van der Waals surface area contributed by atoms with Crippen molar-refractivity contribution in [1.82, 2.24) is 9.97 Å². The van der Waals surface area contributed by atoms with E-state index >= 15 is 0 Å². The summed E-state index contributed by atoms with van der Waals surface area (Å²) in [4.78, 5) is 25.6. The van der Waals surface area contributed by atoms with Crippen LogP contribution >= 0.6 is 34.9 Å². The Morgan fingerprint density at radius 3 is 3.12 bits per heavy atom. The first kappa shape index (κ1) is 16.9. The van der Waals surface area contributed by atoms with E-state index < -0.39 is 0 Å². The van der Waals surface area contributed by atoms with Gasteiger partial charge in [-0.2, -0.15) is 0 Å². The Kier molecular flexibility index (Phi) is 4.96. The molecule has 0 radical (unpaired) electrons. The summed E-state index contributed by atoms with van der Waals surface area (Å²) in [6, 6.07) is 10.2. The Morgan fingerprint density at radius 2 is 2.20 bits per heavy atom. The van der Waals surface area contributed by atoms with Crippen molar-refractivity contribution in [2.24, 2.45) is 0 Å². The van der Waals surface area contributed by atoms with Crippen molar-refractivity contribution < 1.29 is 4.79 Å². The second-order valence-corrected chi connectivity index (χ2v) is 9.18. The molecule has 0 saturated carbocycles. The van der Waals surface area contributed by atoms with E-state index in [0.717, 1.165) is 33.9 Å². The van der Waals surface area contributed by atoms with Crippen LogP contribution < -0.4 is 4.90 Å². The van der Waals surface area contributed by atoms with Crippen LogP contribution in [0.3, 0.4) is 0 Å². The van der Waals surface area contributed by atoms with Gasteiger partial charge in [0.1, 0.15) is 16.2 Å². The van der Waals surface area contributed by atoms with Crippen LogP contribution in [0.5, 0.6) is 0 Å². The number of thiophene rings is 1. The van der Waals surface area contributed by atoms with E-state index in [-0.39, 0.29) is 5.91 Å². The van der Waals surface area contributed by atoms with Crippen LogP contribution in [0, 0.1) is 0 Å². The third-order valence-electron chi connectivity index (χ3n) is 4.10. The lowest BCUT2D eigenvalue weighted by Gasteiger charge is -2.22. The van der Waals surface area contributed by atoms with E-state index in [9.17, 15) is 4.79 Å². The van der Waals surface area contributed by atoms with Gasteiger partial charge in [0.05, 0.1) is 11.4 Å². The highest BCUT2D eigenvalue weighted by atomic mass is 32.2. The monoisotopic (exact) mass is 387 g/mol. The molecule has 1 amide bonds. The smallest absolute Gasteiger partial charge is 0.237 e. The predicted molar refractivity (Wildman–Crippen MR) is 107 cm³/mol. The number of carbonyl (C=O) groups excluding carboxylic acids is 1. The number of amides is 1. The summed E-state index contributed by atoms with van der Waals surface area (Å²) < 4.78 is 0. The molecule has 25 heavy (non-hydrogen) atoms. The minimum absolute atomic E-state index is 0.133. The standard InChI is InChI=1S/C18H17N3OS3/c1-12-6-8-21(14-4-2-3-5-15(14)25-12)16(22)10-24-18-13-7-9-23-17(13)19-11-20-18/h2-5,7,9,11-12H,6,8,10H2,1H3/t12-/m1/s1. The van der Waals surface area contributed by atoms with Gasteiger partial charge >= 0.3 is 0 Å². The number of rotatable bonds is 3. The average molecular weight is 388 g/mol. The molecule has 0 spiro atoms. The first-order chi connectivity index (χ1) is 12.2. The molecule has 0 N–H and O–H groups in total. The zero-order valence-corrected chi connectivity index (χ0v) is 16.2. The van der Waals surface area contributed by atoms with Gasteiger partial charge in [-0.25, -0.2) is 9.97 Å². The van der Waals surface area contributed by atoms with Gasteiger partial charge in [-0.3, -0.25) is 4.79 Å². The molecular weight excluding hydrogens is 370 g/mol. The normalized spacial score (nSPS) is 17.3. The van der Waals surface area contributed by atoms with Gasteiger partial charge in [0.25, 0.3) is 0 Å². The highest BCUT2D eigenvalue weighted by molar-refractivity contribution is 8.00. The molecule has 0 bridgehead atoms. The molecule has 7 heteroatoms. The summed E-state index contributed by atoms with van der Waals surface area (Å²) >= 11 is 4.94. The number of fused-ring (bicyclic) bond motifs is 2. The molecule has 0 unspecified atom stereocenters. The predicted octanol–water partition coefficient (Wildman–Crippen LogP) is 4.70. The first-order valence-corrected chi connectivity index (χ1v) is 10.8. The summed E-state index contributed by atoms with van der Waals surface area (Å²) in [7, 11) is 0. The number of hydrogen-bond acceptors (Lipinski definition) is 6. The van der Waals surface area contributed by atoms with Crippen molar-refractivity contribution in [2.45, 2.75) is 28.5 Å². The maximum absolute atomic E-state index is 12.9. The highest BCUT2D eigenvalue weighted by Gasteiger charge is 2.24. The Hall–Kier alpha value is -1.57. The molecule has 1 aliphatic heterocycles. The summed E-state index contributed by atoms with van der Waals surface area (Å²) in [5.41, 5.74) is 1.03. The number of carbonyl (C=O) groups is 1. The molecule has 0 fully saturated rings. The maximum Gasteiger partial charge on any atom is 0.237 e. The Labute approximate surface area is 159 Å². The average Bonchev–Trinajstić information content (AvgIpc) is 3.03. The zero-order valence-electron chi connectivity index (χ0n) is 13.7. The molecular formula is C18H17N3OS3. The van der Waals surface area contributed by atoms with Crippen molar-refractivity contribution in [3.8, 4) is 0 Å². The first-order valence-electron chi connectivity index (χ1n) is 8.09. The minimum atomic E-state index is 0.133. The number of thioether (sulfide) groups is 2. The second-order valence-electron chi connectivity index (χ2n) is 5.84. The third-order valence-corrected chi connectivity index (χ3v) is 7.15. The number of anilines is 1. The van der Waals surface area contributed by atoms with E-state index in [1.807, 2.05) is 46.3 Å². The van der Waals surface area contributed by atoms with Crippen LogP contribution in [0.25, 0.3) is 10.2 Å². The summed E-state index contributed by atoms with van der Waals surface area (Å²) in [6.45, 7) is 2.99.